The van der Waals surface area contributed by atoms with Crippen LogP contribution in [0.3, 0.4) is 0 Å². The Morgan fingerprint density at radius 2 is 1.43 bits per heavy atom. The zero-order valence-corrected chi connectivity index (χ0v) is 20.0. The van der Waals surface area contributed by atoms with Gasteiger partial charge in [0.2, 0.25) is 0 Å². The number of aromatic amines is 1. The average Bonchev–Trinajstić information content (AvgIpc) is 3.31. The summed E-state index contributed by atoms with van der Waals surface area (Å²) in [7, 11) is 0. The fourth-order valence-corrected chi connectivity index (χ4v) is 3.55. The number of benzene rings is 3. The second-order valence-corrected chi connectivity index (χ2v) is 8.36. The second kappa shape index (κ2) is 10.6. The molecule has 3 aromatic carbocycles. The molecule has 0 saturated carbocycles. The summed E-state index contributed by atoms with van der Waals surface area (Å²) >= 11 is 11.9. The van der Waals surface area contributed by atoms with Crippen molar-refractivity contribution >= 4 is 63.7 Å². The first-order chi connectivity index (χ1) is 17.6. The number of aromatic nitrogens is 2. The van der Waals surface area contributed by atoms with Crippen LogP contribution >= 0.6 is 23.2 Å². The Labute approximate surface area is 218 Å². The Bertz CT molecular complexity index is 1510. The number of nitrogen functional groups attached to an aromatic ring is 1. The molecule has 4 aromatic rings. The number of hydrogen-bond acceptors (Lipinski definition) is 5. The molecular weight excluding hydrogens is 529 g/mol. The minimum Gasteiger partial charge on any atom is -0.397 e. The molecule has 37 heavy (non-hydrogen) atoms. The average molecular weight is 545 g/mol. The lowest BCUT2D eigenvalue weighted by Gasteiger charge is -2.11. The van der Waals surface area contributed by atoms with E-state index in [2.05, 4.69) is 26.1 Å². The van der Waals surface area contributed by atoms with E-state index < -0.39 is 34.9 Å². The standard InChI is InChI=1S/C24H16Cl2F2N6O3/c25-13-8-17(29)18(9-14(13)26)32-22(35)11-4-6-12(7-5-11)31-24(37)21-19(10-30-34-21)33-23(36)20-15(27)2-1-3-16(20)28/h1-10H,29H2,(H,30,34)(H,31,37)(H,32,35)(H,33,36). The van der Waals surface area contributed by atoms with Crippen molar-refractivity contribution in [2.24, 2.45) is 0 Å². The number of nitrogens with zero attached hydrogens (tertiary/aromatic N) is 1. The molecule has 0 aliphatic carbocycles. The molecule has 0 bridgehead atoms. The first-order valence-electron chi connectivity index (χ1n) is 10.4. The molecule has 3 amide bonds. The van der Waals surface area contributed by atoms with Crippen LogP contribution in [0.5, 0.6) is 0 Å². The fourth-order valence-electron chi connectivity index (χ4n) is 3.22. The second-order valence-electron chi connectivity index (χ2n) is 7.55. The third kappa shape index (κ3) is 5.68. The zero-order chi connectivity index (χ0) is 26.7. The maximum atomic E-state index is 13.9. The van der Waals surface area contributed by atoms with Crippen molar-refractivity contribution < 1.29 is 23.2 Å². The lowest BCUT2D eigenvalue weighted by Crippen LogP contribution is -2.19. The van der Waals surface area contributed by atoms with Crippen LogP contribution in [0.1, 0.15) is 31.2 Å². The van der Waals surface area contributed by atoms with Gasteiger partial charge in [-0.05, 0) is 48.5 Å². The van der Waals surface area contributed by atoms with Gasteiger partial charge in [-0.15, -0.1) is 0 Å². The van der Waals surface area contributed by atoms with Crippen molar-refractivity contribution in [1.29, 1.82) is 0 Å². The van der Waals surface area contributed by atoms with Crippen molar-refractivity contribution in [2.75, 3.05) is 21.7 Å². The molecule has 0 aliphatic heterocycles. The molecule has 0 spiro atoms. The summed E-state index contributed by atoms with van der Waals surface area (Å²) < 4.78 is 27.8. The van der Waals surface area contributed by atoms with Crippen molar-refractivity contribution in [3.05, 3.63) is 99.3 Å². The van der Waals surface area contributed by atoms with Crippen molar-refractivity contribution in [3.63, 3.8) is 0 Å². The molecule has 9 nitrogen and oxygen atoms in total. The number of carbonyl (C=O) groups is 3. The third-order valence-electron chi connectivity index (χ3n) is 5.05. The SMILES string of the molecule is Nc1cc(Cl)c(Cl)cc1NC(=O)c1ccc(NC(=O)c2[nH]ncc2NC(=O)c2c(F)cccc2F)cc1. The van der Waals surface area contributed by atoms with Crippen LogP contribution in [0.2, 0.25) is 10.0 Å². The van der Waals surface area contributed by atoms with Crippen molar-refractivity contribution in [3.8, 4) is 0 Å². The number of H-pyrrole nitrogens is 1. The van der Waals surface area contributed by atoms with Gasteiger partial charge in [-0.1, -0.05) is 29.3 Å². The van der Waals surface area contributed by atoms with Crippen LogP contribution in [-0.4, -0.2) is 27.9 Å². The van der Waals surface area contributed by atoms with E-state index in [1.54, 1.807) is 0 Å². The topological polar surface area (TPSA) is 142 Å². The molecule has 0 aliphatic rings. The van der Waals surface area contributed by atoms with Crippen LogP contribution in [0, 0.1) is 11.6 Å². The predicted octanol–water partition coefficient (Wildman–Crippen LogP) is 5.33. The van der Waals surface area contributed by atoms with E-state index in [-0.39, 0.29) is 38.4 Å². The lowest BCUT2D eigenvalue weighted by molar-refractivity contribution is 0.101. The summed E-state index contributed by atoms with van der Waals surface area (Å²) in [5.41, 5.74) is 5.86. The highest BCUT2D eigenvalue weighted by atomic mass is 35.5. The van der Waals surface area contributed by atoms with Gasteiger partial charge in [-0.3, -0.25) is 19.5 Å². The molecule has 0 fully saturated rings. The van der Waals surface area contributed by atoms with E-state index in [0.717, 1.165) is 24.4 Å². The molecule has 188 valence electrons. The number of hydrogen-bond donors (Lipinski definition) is 5. The Morgan fingerprint density at radius 1 is 0.811 bits per heavy atom. The van der Waals surface area contributed by atoms with E-state index in [1.807, 2.05) is 0 Å². The summed E-state index contributed by atoms with van der Waals surface area (Å²) in [5, 5.41) is 14.0. The molecule has 13 heteroatoms. The maximum Gasteiger partial charge on any atom is 0.275 e. The molecule has 0 radical (unpaired) electrons. The highest BCUT2D eigenvalue weighted by Crippen LogP contribution is 2.31. The smallest absolute Gasteiger partial charge is 0.275 e. The number of nitrogens with one attached hydrogen (secondary N) is 4. The highest BCUT2D eigenvalue weighted by Gasteiger charge is 2.21. The normalized spacial score (nSPS) is 10.6. The Kier molecular flexibility index (Phi) is 7.37. The number of halogens is 4. The molecule has 1 heterocycles. The lowest BCUT2D eigenvalue weighted by atomic mass is 10.1. The van der Waals surface area contributed by atoms with Crippen LogP contribution in [-0.2, 0) is 0 Å². The Hall–Kier alpha value is -4.48. The van der Waals surface area contributed by atoms with E-state index in [4.69, 9.17) is 28.9 Å². The van der Waals surface area contributed by atoms with Crippen LogP contribution < -0.4 is 21.7 Å². The van der Waals surface area contributed by atoms with E-state index in [0.29, 0.717) is 5.69 Å². The summed E-state index contributed by atoms with van der Waals surface area (Å²) in [5.74, 6) is -4.40. The van der Waals surface area contributed by atoms with Gasteiger partial charge in [0.25, 0.3) is 17.7 Å². The maximum absolute atomic E-state index is 13.9. The van der Waals surface area contributed by atoms with Gasteiger partial charge < -0.3 is 21.7 Å². The highest BCUT2D eigenvalue weighted by molar-refractivity contribution is 6.42. The number of amides is 3. The van der Waals surface area contributed by atoms with E-state index in [9.17, 15) is 23.2 Å². The first-order valence-corrected chi connectivity index (χ1v) is 11.2. The van der Waals surface area contributed by atoms with Crippen molar-refractivity contribution in [1.82, 2.24) is 10.2 Å². The van der Waals surface area contributed by atoms with Gasteiger partial charge in [-0.25, -0.2) is 8.78 Å². The summed E-state index contributed by atoms with van der Waals surface area (Å²) in [6.07, 6.45) is 1.12. The number of nitrogens with two attached hydrogens (primary N) is 1. The Balaban J connectivity index is 1.43. The summed E-state index contributed by atoms with van der Waals surface area (Å²) in [6.45, 7) is 0. The van der Waals surface area contributed by atoms with Gasteiger partial charge in [0.15, 0.2) is 0 Å². The van der Waals surface area contributed by atoms with E-state index in [1.165, 1.54) is 36.4 Å². The van der Waals surface area contributed by atoms with Crippen LogP contribution in [0.15, 0.2) is 60.8 Å². The minimum atomic E-state index is -1.09. The molecule has 0 saturated heterocycles. The quantitative estimate of drug-likeness (QED) is 0.208. The van der Waals surface area contributed by atoms with E-state index >= 15 is 0 Å². The van der Waals surface area contributed by atoms with Gasteiger partial charge in [0.1, 0.15) is 22.9 Å². The largest absolute Gasteiger partial charge is 0.397 e. The van der Waals surface area contributed by atoms with Crippen LogP contribution in [0.4, 0.5) is 31.5 Å². The van der Waals surface area contributed by atoms with Gasteiger partial charge >= 0.3 is 0 Å². The molecule has 6 N–H and O–H groups in total. The monoisotopic (exact) mass is 544 g/mol. The fraction of sp³-hybridized carbons (Fsp3) is 0. The number of carbonyl (C=O) groups excluding carboxylic acids is 3. The van der Waals surface area contributed by atoms with Gasteiger partial charge in [0.05, 0.1) is 33.3 Å². The number of rotatable bonds is 6. The van der Waals surface area contributed by atoms with Crippen molar-refractivity contribution in [2.45, 2.75) is 0 Å². The zero-order valence-electron chi connectivity index (χ0n) is 18.5. The first kappa shape index (κ1) is 25.6. The Morgan fingerprint density at radius 3 is 2.11 bits per heavy atom. The molecule has 0 unspecified atom stereocenters. The summed E-state index contributed by atoms with van der Waals surface area (Å²) in [6, 6.07) is 11.7. The number of anilines is 4. The summed E-state index contributed by atoms with van der Waals surface area (Å²) in [4.78, 5) is 37.6. The van der Waals surface area contributed by atoms with Gasteiger partial charge in [0, 0.05) is 11.3 Å². The molecular formula is C24H16Cl2F2N6O3. The molecule has 4 rings (SSSR count). The molecule has 0 atom stereocenters. The minimum absolute atomic E-state index is 0.0969. The predicted molar refractivity (Wildman–Crippen MR) is 136 cm³/mol. The van der Waals surface area contributed by atoms with Crippen LogP contribution in [0.25, 0.3) is 0 Å². The molecule has 1 aromatic heterocycles. The van der Waals surface area contributed by atoms with Gasteiger partial charge in [-0.2, -0.15) is 5.10 Å². The third-order valence-corrected chi connectivity index (χ3v) is 5.77.